The highest BCUT2D eigenvalue weighted by Gasteiger charge is 2.28. The number of rotatable bonds is 4. The second-order valence-electron chi connectivity index (χ2n) is 6.21. The van der Waals surface area contributed by atoms with E-state index in [0.717, 1.165) is 28.6 Å². The van der Waals surface area contributed by atoms with Gasteiger partial charge in [0.2, 0.25) is 10.0 Å². The lowest BCUT2D eigenvalue weighted by molar-refractivity contribution is 0.371. The first-order valence-corrected chi connectivity index (χ1v) is 10.9. The Kier molecular flexibility index (Phi) is 4.88. The Morgan fingerprint density at radius 2 is 1.93 bits per heavy atom. The molecule has 144 valence electrons. The van der Waals surface area contributed by atoms with Gasteiger partial charge in [-0.3, -0.25) is 9.89 Å². The molecule has 4 rings (SSSR count). The van der Waals surface area contributed by atoms with Gasteiger partial charge in [-0.15, -0.1) is 0 Å². The van der Waals surface area contributed by atoms with Crippen LogP contribution in [0.1, 0.15) is 5.56 Å². The number of hydrazone groups is 1. The SMILES string of the molecule is CS(=O)(=O)NCN1N=CN2C1=CN=Cc1c(Cl)cc(-c3ccccc3Cl)cc12. The summed E-state index contributed by atoms with van der Waals surface area (Å²) >= 11 is 12.9. The molecule has 0 aromatic heterocycles. The minimum Gasteiger partial charge on any atom is -0.282 e. The van der Waals surface area contributed by atoms with Crippen molar-refractivity contribution >= 4 is 51.5 Å². The van der Waals surface area contributed by atoms with Crippen LogP contribution in [0, 0.1) is 0 Å². The molecule has 0 fully saturated rings. The molecular formula is C18H15Cl2N5O2S. The molecule has 0 saturated heterocycles. The van der Waals surface area contributed by atoms with E-state index in [9.17, 15) is 8.42 Å². The first kappa shape index (κ1) is 18.9. The molecule has 0 bridgehead atoms. The fourth-order valence-corrected chi connectivity index (χ4v) is 3.80. The summed E-state index contributed by atoms with van der Waals surface area (Å²) < 4.78 is 25.2. The van der Waals surface area contributed by atoms with Crippen LogP contribution >= 0.6 is 23.2 Å². The van der Waals surface area contributed by atoms with Crippen molar-refractivity contribution in [2.45, 2.75) is 0 Å². The topological polar surface area (TPSA) is 77.4 Å². The summed E-state index contributed by atoms with van der Waals surface area (Å²) in [5.41, 5.74) is 3.20. The fourth-order valence-electron chi connectivity index (χ4n) is 2.93. The van der Waals surface area contributed by atoms with E-state index in [1.807, 2.05) is 36.4 Å². The van der Waals surface area contributed by atoms with E-state index in [2.05, 4.69) is 14.8 Å². The van der Waals surface area contributed by atoms with Crippen molar-refractivity contribution in [3.8, 4) is 11.1 Å². The van der Waals surface area contributed by atoms with Gasteiger partial charge in [0.1, 0.15) is 13.0 Å². The number of halogens is 2. The molecule has 0 saturated carbocycles. The third-order valence-electron chi connectivity index (χ3n) is 4.24. The van der Waals surface area contributed by atoms with Crippen LogP contribution in [0.5, 0.6) is 0 Å². The second kappa shape index (κ2) is 7.21. The van der Waals surface area contributed by atoms with Crippen LogP contribution < -0.4 is 9.62 Å². The van der Waals surface area contributed by atoms with Crippen molar-refractivity contribution in [2.75, 3.05) is 17.8 Å². The Bertz CT molecular complexity index is 1140. The van der Waals surface area contributed by atoms with Gasteiger partial charge in [-0.05, 0) is 23.8 Å². The quantitative estimate of drug-likeness (QED) is 0.797. The zero-order chi connectivity index (χ0) is 19.9. The molecule has 0 radical (unpaired) electrons. The fraction of sp³-hybridized carbons (Fsp3) is 0.111. The highest BCUT2D eigenvalue weighted by atomic mass is 35.5. The maximum atomic E-state index is 11.4. The highest BCUT2D eigenvalue weighted by molar-refractivity contribution is 7.88. The Hall–Kier alpha value is -2.39. The van der Waals surface area contributed by atoms with E-state index in [1.54, 1.807) is 23.7 Å². The normalized spacial score (nSPS) is 15.3. The molecule has 2 aromatic rings. The van der Waals surface area contributed by atoms with Crippen molar-refractivity contribution < 1.29 is 8.42 Å². The molecule has 28 heavy (non-hydrogen) atoms. The summed E-state index contributed by atoms with van der Waals surface area (Å²) in [6, 6.07) is 11.3. The van der Waals surface area contributed by atoms with Gasteiger partial charge < -0.3 is 0 Å². The molecule has 2 heterocycles. The van der Waals surface area contributed by atoms with Crippen molar-refractivity contribution in [3.05, 3.63) is 64.0 Å². The lowest BCUT2D eigenvalue weighted by Gasteiger charge is -2.23. The van der Waals surface area contributed by atoms with E-state index < -0.39 is 10.0 Å². The lowest BCUT2D eigenvalue weighted by atomic mass is 10.0. The van der Waals surface area contributed by atoms with Crippen LogP contribution in [-0.4, -0.2) is 38.9 Å². The number of sulfonamides is 1. The number of aliphatic imine (C=N–C) groups is 1. The minimum atomic E-state index is -3.36. The van der Waals surface area contributed by atoms with Gasteiger partial charge in [0.05, 0.1) is 23.2 Å². The van der Waals surface area contributed by atoms with Gasteiger partial charge >= 0.3 is 0 Å². The molecule has 10 heteroatoms. The van der Waals surface area contributed by atoms with E-state index in [4.69, 9.17) is 23.2 Å². The third-order valence-corrected chi connectivity index (χ3v) is 5.54. The Morgan fingerprint density at radius 1 is 1.14 bits per heavy atom. The van der Waals surface area contributed by atoms with E-state index >= 15 is 0 Å². The number of benzene rings is 2. The largest absolute Gasteiger partial charge is 0.282 e. The maximum absolute atomic E-state index is 11.4. The van der Waals surface area contributed by atoms with Crippen LogP contribution in [0.2, 0.25) is 10.0 Å². The van der Waals surface area contributed by atoms with Gasteiger partial charge in [0.15, 0.2) is 5.82 Å². The van der Waals surface area contributed by atoms with Crippen molar-refractivity contribution in [1.82, 2.24) is 9.73 Å². The van der Waals surface area contributed by atoms with E-state index in [1.165, 1.54) is 5.01 Å². The van der Waals surface area contributed by atoms with Crippen molar-refractivity contribution in [2.24, 2.45) is 10.1 Å². The van der Waals surface area contributed by atoms with Gasteiger partial charge in [0, 0.05) is 22.4 Å². The molecule has 2 aliphatic heterocycles. The van der Waals surface area contributed by atoms with Crippen LogP contribution in [0.3, 0.4) is 0 Å². The predicted molar refractivity (Wildman–Crippen MR) is 113 cm³/mol. The molecule has 1 N–H and O–H groups in total. The molecule has 7 nitrogen and oxygen atoms in total. The van der Waals surface area contributed by atoms with Crippen LogP contribution in [-0.2, 0) is 10.0 Å². The Labute approximate surface area is 172 Å². The third kappa shape index (κ3) is 3.64. The van der Waals surface area contributed by atoms with Crippen LogP contribution in [0.25, 0.3) is 11.1 Å². The monoisotopic (exact) mass is 435 g/mol. The summed E-state index contributed by atoms with van der Waals surface area (Å²) in [4.78, 5) is 6.10. The summed E-state index contributed by atoms with van der Waals surface area (Å²) in [6.45, 7) is -0.0134. The van der Waals surface area contributed by atoms with Gasteiger partial charge in [-0.1, -0.05) is 41.4 Å². The molecule has 0 amide bonds. The number of hydrogen-bond acceptors (Lipinski definition) is 6. The lowest BCUT2D eigenvalue weighted by Crippen LogP contribution is -2.34. The molecular weight excluding hydrogens is 421 g/mol. The summed E-state index contributed by atoms with van der Waals surface area (Å²) in [5, 5.41) is 6.91. The number of anilines is 1. The van der Waals surface area contributed by atoms with Crippen LogP contribution in [0.4, 0.5) is 5.69 Å². The summed E-state index contributed by atoms with van der Waals surface area (Å²) in [5.74, 6) is 0.596. The minimum absolute atomic E-state index is 0.0134. The number of fused-ring (bicyclic) bond motifs is 3. The van der Waals surface area contributed by atoms with Gasteiger partial charge in [0.25, 0.3) is 0 Å². The molecule has 0 atom stereocenters. The van der Waals surface area contributed by atoms with Crippen molar-refractivity contribution in [3.63, 3.8) is 0 Å². The zero-order valence-corrected chi connectivity index (χ0v) is 17.0. The average Bonchev–Trinajstić information content (AvgIpc) is 2.94. The number of nitrogens with one attached hydrogen (secondary N) is 1. The Morgan fingerprint density at radius 3 is 2.68 bits per heavy atom. The van der Waals surface area contributed by atoms with E-state index in [-0.39, 0.29) is 6.67 Å². The van der Waals surface area contributed by atoms with Crippen LogP contribution in [0.15, 0.2) is 58.5 Å². The first-order chi connectivity index (χ1) is 13.3. The van der Waals surface area contributed by atoms with E-state index in [0.29, 0.717) is 15.9 Å². The molecule has 2 aromatic carbocycles. The maximum Gasteiger partial charge on any atom is 0.210 e. The predicted octanol–water partition coefficient (Wildman–Crippen LogP) is 3.46. The second-order valence-corrected chi connectivity index (χ2v) is 8.86. The molecule has 0 spiro atoms. The summed E-state index contributed by atoms with van der Waals surface area (Å²) in [7, 11) is -3.36. The number of nitrogens with zero attached hydrogens (tertiary/aromatic N) is 4. The number of hydrogen-bond donors (Lipinski definition) is 1. The first-order valence-electron chi connectivity index (χ1n) is 8.21. The molecule has 0 unspecified atom stereocenters. The van der Waals surface area contributed by atoms with Crippen molar-refractivity contribution in [1.29, 1.82) is 0 Å². The Balaban J connectivity index is 1.75. The molecule has 2 aliphatic rings. The molecule has 0 aliphatic carbocycles. The summed E-state index contributed by atoms with van der Waals surface area (Å²) in [6.07, 6.45) is 5.95. The standard InChI is InChI=1S/C18H15Cl2N5O2S/c1-28(26,27)23-11-25-18-9-21-8-14-16(20)6-12(7-17(14)24(18)10-22-25)13-4-2-3-5-15(13)19/h2-10,23H,11H2,1H3. The van der Waals surface area contributed by atoms with Gasteiger partial charge in [-0.25, -0.2) is 13.4 Å². The smallest absolute Gasteiger partial charge is 0.210 e. The average molecular weight is 436 g/mol. The zero-order valence-electron chi connectivity index (χ0n) is 14.7. The van der Waals surface area contributed by atoms with Gasteiger partial charge in [-0.2, -0.15) is 9.82 Å². The highest BCUT2D eigenvalue weighted by Crippen LogP contribution is 2.38.